The smallest absolute Gasteiger partial charge is 0.161 e. The highest BCUT2D eigenvalue weighted by atomic mass is 16.5. The van der Waals surface area contributed by atoms with Crippen molar-refractivity contribution in [2.24, 2.45) is 0 Å². The Balaban J connectivity index is 2.16. The molecule has 1 aromatic carbocycles. The van der Waals surface area contributed by atoms with Crippen LogP contribution in [0.5, 0.6) is 11.5 Å². The molecule has 0 spiro atoms. The van der Waals surface area contributed by atoms with Crippen LogP contribution in [0.2, 0.25) is 0 Å². The van der Waals surface area contributed by atoms with Crippen LogP contribution in [0.25, 0.3) is 0 Å². The third kappa shape index (κ3) is 5.10. The molecule has 1 aliphatic heterocycles. The van der Waals surface area contributed by atoms with Gasteiger partial charge in [0.2, 0.25) is 0 Å². The second-order valence-corrected chi connectivity index (χ2v) is 6.39. The zero-order valence-electron chi connectivity index (χ0n) is 15.3. The molecule has 5 nitrogen and oxygen atoms in total. The number of hydrogen-bond donors (Lipinski definition) is 2. The first-order valence-electron chi connectivity index (χ1n) is 9.17. The van der Waals surface area contributed by atoms with E-state index >= 15 is 0 Å². The molecule has 0 bridgehead atoms. The van der Waals surface area contributed by atoms with Crippen LogP contribution in [0.4, 0.5) is 0 Å². The lowest BCUT2D eigenvalue weighted by Gasteiger charge is -2.37. The monoisotopic (exact) mass is 336 g/mol. The molecular weight excluding hydrogens is 304 g/mol. The molecule has 0 radical (unpaired) electrons. The number of nitrogens with one attached hydrogen (secondary N) is 1. The number of aliphatic hydroxyl groups is 1. The molecule has 1 heterocycles. The van der Waals surface area contributed by atoms with Gasteiger partial charge >= 0.3 is 0 Å². The molecule has 0 amide bonds. The minimum Gasteiger partial charge on any atom is -0.490 e. The van der Waals surface area contributed by atoms with Crippen LogP contribution in [0.3, 0.4) is 0 Å². The normalized spacial score (nSPS) is 19.9. The molecule has 24 heavy (non-hydrogen) atoms. The van der Waals surface area contributed by atoms with Crippen molar-refractivity contribution in [3.05, 3.63) is 23.8 Å². The summed E-state index contributed by atoms with van der Waals surface area (Å²) in [7, 11) is 0. The van der Waals surface area contributed by atoms with Gasteiger partial charge in [0, 0.05) is 25.7 Å². The van der Waals surface area contributed by atoms with Crippen molar-refractivity contribution in [1.29, 1.82) is 0 Å². The number of hydrogen-bond acceptors (Lipinski definition) is 5. The molecule has 136 valence electrons. The first-order valence-corrected chi connectivity index (χ1v) is 9.17. The maximum Gasteiger partial charge on any atom is 0.161 e. The second kappa shape index (κ2) is 9.87. The number of ether oxygens (including phenoxy) is 2. The Labute approximate surface area is 146 Å². The zero-order chi connectivity index (χ0) is 17.4. The molecule has 0 saturated carbocycles. The van der Waals surface area contributed by atoms with Gasteiger partial charge in [0.15, 0.2) is 11.5 Å². The summed E-state index contributed by atoms with van der Waals surface area (Å²) in [6.45, 7) is 10.5. The van der Waals surface area contributed by atoms with Crippen LogP contribution in [0.15, 0.2) is 18.2 Å². The molecular formula is C19H32N2O3. The lowest BCUT2D eigenvalue weighted by atomic mass is 10.0. The fraction of sp³-hybridized carbons (Fsp3) is 0.684. The maximum absolute atomic E-state index is 9.95. The number of piperazine rings is 1. The van der Waals surface area contributed by atoms with Crippen LogP contribution in [0.1, 0.15) is 45.2 Å². The Hall–Kier alpha value is -1.30. The molecule has 5 heteroatoms. The van der Waals surface area contributed by atoms with Gasteiger partial charge in [-0.2, -0.15) is 0 Å². The van der Waals surface area contributed by atoms with E-state index in [1.165, 1.54) is 0 Å². The molecule has 1 aliphatic rings. The van der Waals surface area contributed by atoms with Gasteiger partial charge in [0.1, 0.15) is 0 Å². The molecule has 2 rings (SSSR count). The molecule has 2 N–H and O–H groups in total. The fourth-order valence-electron chi connectivity index (χ4n) is 3.12. The Bertz CT molecular complexity index is 496. The number of rotatable bonds is 9. The van der Waals surface area contributed by atoms with Crippen molar-refractivity contribution < 1.29 is 14.6 Å². The first kappa shape index (κ1) is 19.0. The van der Waals surface area contributed by atoms with E-state index in [9.17, 15) is 5.11 Å². The third-order valence-corrected chi connectivity index (χ3v) is 4.42. The number of aliphatic hydroxyl groups excluding tert-OH is 1. The summed E-state index contributed by atoms with van der Waals surface area (Å²) in [6.07, 6.45) is 2.14. The summed E-state index contributed by atoms with van der Waals surface area (Å²) in [5.74, 6) is 1.56. The molecule has 0 aromatic heterocycles. The molecule has 1 fully saturated rings. The number of unbranched alkanes of at least 4 members (excludes halogenated alkanes) is 1. The van der Waals surface area contributed by atoms with E-state index in [1.807, 2.05) is 19.1 Å². The second-order valence-electron chi connectivity index (χ2n) is 6.39. The van der Waals surface area contributed by atoms with E-state index in [-0.39, 0.29) is 12.6 Å². The van der Waals surface area contributed by atoms with Gasteiger partial charge in [-0.15, -0.1) is 0 Å². The Morgan fingerprint density at radius 1 is 1.29 bits per heavy atom. The van der Waals surface area contributed by atoms with Crippen molar-refractivity contribution in [1.82, 2.24) is 10.2 Å². The summed E-state index contributed by atoms with van der Waals surface area (Å²) in [6, 6.07) is 6.49. The molecule has 2 unspecified atom stereocenters. The third-order valence-electron chi connectivity index (χ3n) is 4.42. The van der Waals surface area contributed by atoms with Crippen LogP contribution in [-0.4, -0.2) is 55.5 Å². The van der Waals surface area contributed by atoms with Gasteiger partial charge in [-0.1, -0.05) is 19.4 Å². The molecule has 1 aromatic rings. The average molecular weight is 336 g/mol. The predicted octanol–water partition coefficient (Wildman–Crippen LogP) is 2.59. The quantitative estimate of drug-likeness (QED) is 0.679. The minimum atomic E-state index is -0.00144. The van der Waals surface area contributed by atoms with Gasteiger partial charge in [-0.3, -0.25) is 4.90 Å². The summed E-state index contributed by atoms with van der Waals surface area (Å²) < 4.78 is 11.6. The van der Waals surface area contributed by atoms with Crippen molar-refractivity contribution in [3.8, 4) is 11.5 Å². The lowest BCUT2D eigenvalue weighted by Crippen LogP contribution is -2.50. The van der Waals surface area contributed by atoms with E-state index in [4.69, 9.17) is 9.47 Å². The van der Waals surface area contributed by atoms with E-state index in [0.29, 0.717) is 19.3 Å². The summed E-state index contributed by atoms with van der Waals surface area (Å²) in [5, 5.41) is 13.4. The van der Waals surface area contributed by atoms with E-state index in [1.54, 1.807) is 0 Å². The van der Waals surface area contributed by atoms with E-state index in [2.05, 4.69) is 30.1 Å². The molecule has 2 atom stereocenters. The summed E-state index contributed by atoms with van der Waals surface area (Å²) >= 11 is 0. The van der Waals surface area contributed by atoms with Crippen molar-refractivity contribution in [2.75, 3.05) is 39.5 Å². The van der Waals surface area contributed by atoms with Gasteiger partial charge < -0.3 is 19.9 Å². The Morgan fingerprint density at radius 2 is 2.12 bits per heavy atom. The summed E-state index contributed by atoms with van der Waals surface area (Å²) in [4.78, 5) is 2.34. The van der Waals surface area contributed by atoms with Crippen LogP contribution < -0.4 is 14.8 Å². The lowest BCUT2D eigenvalue weighted by molar-refractivity contribution is 0.0960. The average Bonchev–Trinajstić information content (AvgIpc) is 2.58. The van der Waals surface area contributed by atoms with Crippen molar-refractivity contribution in [2.45, 2.75) is 45.7 Å². The Morgan fingerprint density at radius 3 is 2.79 bits per heavy atom. The number of nitrogens with zero attached hydrogens (tertiary/aromatic N) is 1. The highest BCUT2D eigenvalue weighted by Crippen LogP contribution is 2.33. The van der Waals surface area contributed by atoms with Crippen LogP contribution in [0, 0.1) is 0 Å². The van der Waals surface area contributed by atoms with Gasteiger partial charge in [0.25, 0.3) is 0 Å². The van der Waals surface area contributed by atoms with E-state index < -0.39 is 0 Å². The maximum atomic E-state index is 9.95. The minimum absolute atomic E-state index is 0.00144. The van der Waals surface area contributed by atoms with E-state index in [0.717, 1.165) is 49.5 Å². The van der Waals surface area contributed by atoms with Gasteiger partial charge in [-0.25, -0.2) is 0 Å². The van der Waals surface area contributed by atoms with Gasteiger partial charge in [-0.05, 0) is 38.0 Å². The number of benzene rings is 1. The van der Waals surface area contributed by atoms with Crippen molar-refractivity contribution >= 4 is 0 Å². The topological polar surface area (TPSA) is 54.0 Å². The molecule has 0 aliphatic carbocycles. The van der Waals surface area contributed by atoms with Gasteiger partial charge in [0.05, 0.1) is 25.9 Å². The molecule has 1 saturated heterocycles. The highest BCUT2D eigenvalue weighted by molar-refractivity contribution is 5.44. The van der Waals surface area contributed by atoms with Crippen LogP contribution in [-0.2, 0) is 0 Å². The Kier molecular flexibility index (Phi) is 7.82. The highest BCUT2D eigenvalue weighted by Gasteiger charge is 2.25. The zero-order valence-corrected chi connectivity index (χ0v) is 15.3. The first-order chi connectivity index (χ1) is 11.7. The SMILES string of the molecule is CCCCOc1ccc(C(CO)N2CCNC(C)C2)cc1OCC. The standard InChI is InChI=1S/C19H32N2O3/c1-4-6-11-24-18-8-7-16(12-19(18)23-5-2)17(14-22)21-10-9-20-15(3)13-21/h7-8,12,15,17,20,22H,4-6,9-11,13-14H2,1-3H3. The fourth-order valence-corrected chi connectivity index (χ4v) is 3.12. The summed E-state index contributed by atoms with van der Waals surface area (Å²) in [5.41, 5.74) is 1.08. The predicted molar refractivity (Wildman–Crippen MR) is 96.9 cm³/mol. The van der Waals surface area contributed by atoms with Crippen LogP contribution >= 0.6 is 0 Å². The largest absolute Gasteiger partial charge is 0.490 e. The van der Waals surface area contributed by atoms with Crippen molar-refractivity contribution in [3.63, 3.8) is 0 Å².